The van der Waals surface area contributed by atoms with E-state index in [1.165, 1.54) is 0 Å². The Morgan fingerprint density at radius 2 is 2.07 bits per heavy atom. The molecule has 0 fully saturated rings. The molecule has 0 aliphatic carbocycles. The zero-order valence-corrected chi connectivity index (χ0v) is 8.20. The molecule has 0 aromatic heterocycles. The summed E-state index contributed by atoms with van der Waals surface area (Å²) in [5.74, 6) is 0. The average Bonchev–Trinajstić information content (AvgIpc) is 2.26. The van der Waals surface area contributed by atoms with Crippen LogP contribution in [-0.4, -0.2) is 17.8 Å². The molecule has 1 aromatic carbocycles. The number of hydrogen-bond acceptors (Lipinski definition) is 3. The normalized spacial score (nSPS) is 11.8. The van der Waals surface area contributed by atoms with Gasteiger partial charge in [0.2, 0.25) is 0 Å². The van der Waals surface area contributed by atoms with Crippen molar-refractivity contribution in [1.82, 2.24) is 0 Å². The third-order valence-corrected chi connectivity index (χ3v) is 2.10. The Labute approximate surface area is 84.0 Å². The van der Waals surface area contributed by atoms with Gasteiger partial charge < -0.3 is 10.4 Å². The summed E-state index contributed by atoms with van der Waals surface area (Å²) in [4.78, 5) is 0. The van der Waals surface area contributed by atoms with Crippen molar-refractivity contribution in [3.63, 3.8) is 0 Å². The SMILES string of the molecule is CCC(CO)Nc1ccc(C#N)cc1. The fraction of sp³-hybridized carbons (Fsp3) is 0.364. The molecular formula is C11H14N2O. The van der Waals surface area contributed by atoms with E-state index < -0.39 is 0 Å². The molecular weight excluding hydrogens is 176 g/mol. The number of nitriles is 1. The van der Waals surface area contributed by atoms with E-state index in [1.54, 1.807) is 12.1 Å². The van der Waals surface area contributed by atoms with Crippen LogP contribution >= 0.6 is 0 Å². The predicted octanol–water partition coefficient (Wildman–Crippen LogP) is 1.74. The molecule has 1 rings (SSSR count). The number of aliphatic hydroxyl groups excluding tert-OH is 1. The van der Waals surface area contributed by atoms with E-state index in [4.69, 9.17) is 10.4 Å². The lowest BCUT2D eigenvalue weighted by molar-refractivity contribution is 0.272. The summed E-state index contributed by atoms with van der Waals surface area (Å²) in [5, 5.41) is 20.7. The lowest BCUT2D eigenvalue weighted by atomic mass is 10.2. The Kier molecular flexibility index (Phi) is 3.96. The van der Waals surface area contributed by atoms with E-state index in [9.17, 15) is 0 Å². The van der Waals surface area contributed by atoms with Gasteiger partial charge in [0.1, 0.15) is 0 Å². The maximum Gasteiger partial charge on any atom is 0.0991 e. The van der Waals surface area contributed by atoms with Crippen LogP contribution in [-0.2, 0) is 0 Å². The maximum absolute atomic E-state index is 8.97. The van der Waals surface area contributed by atoms with Crippen LogP contribution in [0.15, 0.2) is 24.3 Å². The molecule has 3 nitrogen and oxygen atoms in total. The van der Waals surface area contributed by atoms with Gasteiger partial charge in [0.05, 0.1) is 18.2 Å². The van der Waals surface area contributed by atoms with Crippen molar-refractivity contribution in [2.45, 2.75) is 19.4 Å². The summed E-state index contributed by atoms with van der Waals surface area (Å²) in [6.07, 6.45) is 0.872. The number of aliphatic hydroxyl groups is 1. The molecule has 0 saturated carbocycles. The molecule has 0 radical (unpaired) electrons. The van der Waals surface area contributed by atoms with Crippen molar-refractivity contribution in [3.8, 4) is 6.07 Å². The minimum absolute atomic E-state index is 0.0861. The van der Waals surface area contributed by atoms with Crippen molar-refractivity contribution in [2.75, 3.05) is 11.9 Å². The predicted molar refractivity (Wildman–Crippen MR) is 55.9 cm³/mol. The number of nitrogens with zero attached hydrogens (tertiary/aromatic N) is 1. The molecule has 1 atom stereocenters. The van der Waals surface area contributed by atoms with Crippen LogP contribution in [0.2, 0.25) is 0 Å². The summed E-state index contributed by atoms with van der Waals surface area (Å²) in [6, 6.07) is 9.35. The number of hydrogen-bond donors (Lipinski definition) is 2. The van der Waals surface area contributed by atoms with E-state index in [0.29, 0.717) is 5.56 Å². The second-order valence-corrected chi connectivity index (χ2v) is 3.12. The molecule has 0 aliphatic heterocycles. The van der Waals surface area contributed by atoms with Crippen molar-refractivity contribution < 1.29 is 5.11 Å². The third kappa shape index (κ3) is 2.75. The van der Waals surface area contributed by atoms with Crippen LogP contribution < -0.4 is 5.32 Å². The highest BCUT2D eigenvalue weighted by molar-refractivity contribution is 5.47. The Balaban J connectivity index is 2.64. The van der Waals surface area contributed by atoms with Gasteiger partial charge in [-0.1, -0.05) is 6.92 Å². The number of anilines is 1. The van der Waals surface area contributed by atoms with Crippen LogP contribution in [0.1, 0.15) is 18.9 Å². The average molecular weight is 190 g/mol. The molecule has 0 saturated heterocycles. The molecule has 74 valence electrons. The summed E-state index contributed by atoms with van der Waals surface area (Å²) < 4.78 is 0. The van der Waals surface area contributed by atoms with Crippen molar-refractivity contribution in [2.24, 2.45) is 0 Å². The maximum atomic E-state index is 8.97. The highest BCUT2D eigenvalue weighted by Crippen LogP contribution is 2.10. The monoisotopic (exact) mass is 190 g/mol. The Hall–Kier alpha value is -1.53. The minimum atomic E-state index is 0.0861. The van der Waals surface area contributed by atoms with Gasteiger partial charge in [-0.3, -0.25) is 0 Å². The van der Waals surface area contributed by atoms with Crippen LogP contribution in [0.5, 0.6) is 0 Å². The number of nitrogens with one attached hydrogen (secondary N) is 1. The summed E-state index contributed by atoms with van der Waals surface area (Å²) in [6.45, 7) is 2.13. The van der Waals surface area contributed by atoms with Gasteiger partial charge in [-0.2, -0.15) is 5.26 Å². The van der Waals surface area contributed by atoms with Gasteiger partial charge in [0.25, 0.3) is 0 Å². The van der Waals surface area contributed by atoms with Gasteiger partial charge in [0.15, 0.2) is 0 Å². The molecule has 1 aromatic rings. The van der Waals surface area contributed by atoms with Crippen molar-refractivity contribution in [3.05, 3.63) is 29.8 Å². The van der Waals surface area contributed by atoms with Crippen LogP contribution in [0.4, 0.5) is 5.69 Å². The van der Waals surface area contributed by atoms with Crippen LogP contribution in [0, 0.1) is 11.3 Å². The standard InChI is InChI=1S/C11H14N2O/c1-2-10(8-14)13-11-5-3-9(7-12)4-6-11/h3-6,10,13-14H,2,8H2,1H3. The molecule has 0 amide bonds. The fourth-order valence-corrected chi connectivity index (χ4v) is 1.15. The van der Waals surface area contributed by atoms with E-state index >= 15 is 0 Å². The first-order valence-corrected chi connectivity index (χ1v) is 4.67. The largest absolute Gasteiger partial charge is 0.394 e. The zero-order valence-electron chi connectivity index (χ0n) is 8.20. The minimum Gasteiger partial charge on any atom is -0.394 e. The molecule has 3 heteroatoms. The van der Waals surface area contributed by atoms with E-state index in [0.717, 1.165) is 12.1 Å². The van der Waals surface area contributed by atoms with Gasteiger partial charge in [0, 0.05) is 11.7 Å². The van der Waals surface area contributed by atoms with Gasteiger partial charge in [-0.15, -0.1) is 0 Å². The summed E-state index contributed by atoms with van der Waals surface area (Å²) >= 11 is 0. The van der Waals surface area contributed by atoms with Gasteiger partial charge in [-0.05, 0) is 30.7 Å². The first-order chi connectivity index (χ1) is 6.80. The Morgan fingerprint density at radius 1 is 1.43 bits per heavy atom. The second kappa shape index (κ2) is 5.25. The number of rotatable bonds is 4. The summed E-state index contributed by atoms with van der Waals surface area (Å²) in [5.41, 5.74) is 1.58. The fourth-order valence-electron chi connectivity index (χ4n) is 1.15. The lowest BCUT2D eigenvalue weighted by Crippen LogP contribution is -2.22. The zero-order chi connectivity index (χ0) is 10.4. The molecule has 1 unspecified atom stereocenters. The van der Waals surface area contributed by atoms with Crippen molar-refractivity contribution >= 4 is 5.69 Å². The Morgan fingerprint density at radius 3 is 2.50 bits per heavy atom. The topological polar surface area (TPSA) is 56.0 Å². The second-order valence-electron chi connectivity index (χ2n) is 3.12. The van der Waals surface area contributed by atoms with Gasteiger partial charge in [-0.25, -0.2) is 0 Å². The first kappa shape index (κ1) is 10.6. The Bertz CT molecular complexity index is 309. The molecule has 0 heterocycles. The van der Waals surface area contributed by atoms with E-state index in [2.05, 4.69) is 11.4 Å². The molecule has 0 spiro atoms. The molecule has 14 heavy (non-hydrogen) atoms. The van der Waals surface area contributed by atoms with E-state index in [1.807, 2.05) is 19.1 Å². The molecule has 2 N–H and O–H groups in total. The smallest absolute Gasteiger partial charge is 0.0991 e. The first-order valence-electron chi connectivity index (χ1n) is 4.67. The molecule has 0 aliphatic rings. The van der Waals surface area contributed by atoms with Crippen molar-refractivity contribution in [1.29, 1.82) is 5.26 Å². The quantitative estimate of drug-likeness (QED) is 0.760. The highest BCUT2D eigenvalue weighted by atomic mass is 16.3. The number of benzene rings is 1. The highest BCUT2D eigenvalue weighted by Gasteiger charge is 2.03. The van der Waals surface area contributed by atoms with Gasteiger partial charge >= 0.3 is 0 Å². The molecule has 0 bridgehead atoms. The van der Waals surface area contributed by atoms with Crippen LogP contribution in [0.25, 0.3) is 0 Å². The van der Waals surface area contributed by atoms with Crippen LogP contribution in [0.3, 0.4) is 0 Å². The van der Waals surface area contributed by atoms with E-state index in [-0.39, 0.29) is 12.6 Å². The summed E-state index contributed by atoms with van der Waals surface area (Å²) in [7, 11) is 0. The third-order valence-electron chi connectivity index (χ3n) is 2.10. The lowest BCUT2D eigenvalue weighted by Gasteiger charge is -2.15.